The lowest BCUT2D eigenvalue weighted by Gasteiger charge is -2.40. The number of hydrogen-bond acceptors (Lipinski definition) is 3. The van der Waals surface area contributed by atoms with Gasteiger partial charge in [0, 0.05) is 19.1 Å². The van der Waals surface area contributed by atoms with Crippen LogP contribution >= 0.6 is 0 Å². The summed E-state index contributed by atoms with van der Waals surface area (Å²) in [5, 5.41) is 9.22. The average Bonchev–Trinajstić information content (AvgIpc) is 2.28. The van der Waals surface area contributed by atoms with Gasteiger partial charge in [-0.3, -0.25) is 9.88 Å². The summed E-state index contributed by atoms with van der Waals surface area (Å²) < 4.78 is 0. The summed E-state index contributed by atoms with van der Waals surface area (Å²) in [6.45, 7) is 8.98. The van der Waals surface area contributed by atoms with E-state index >= 15 is 0 Å². The van der Waals surface area contributed by atoms with E-state index in [4.69, 9.17) is 0 Å². The van der Waals surface area contributed by atoms with Crippen LogP contribution in [0.4, 0.5) is 0 Å². The molecule has 1 aromatic heterocycles. The van der Waals surface area contributed by atoms with E-state index in [1.54, 1.807) is 6.07 Å². The molecule has 1 N–H and O–H groups in total. The zero-order chi connectivity index (χ0) is 12.4. The van der Waals surface area contributed by atoms with Crippen LogP contribution < -0.4 is 0 Å². The molecule has 1 saturated heterocycles. The molecule has 3 nitrogen and oxygen atoms in total. The second-order valence-corrected chi connectivity index (χ2v) is 5.50. The Morgan fingerprint density at radius 3 is 2.76 bits per heavy atom. The van der Waals surface area contributed by atoms with Crippen LogP contribution in [-0.4, -0.2) is 27.6 Å². The highest BCUT2D eigenvalue weighted by Gasteiger charge is 2.28. The molecule has 0 spiro atoms. The first-order chi connectivity index (χ1) is 8.06. The number of pyridine rings is 1. The molecule has 3 atom stereocenters. The Labute approximate surface area is 103 Å². The molecule has 1 fully saturated rings. The number of piperidine rings is 1. The summed E-state index contributed by atoms with van der Waals surface area (Å²) in [5.74, 6) is 1.75. The lowest BCUT2D eigenvalue weighted by molar-refractivity contribution is 0.0718. The Hall–Kier alpha value is -1.09. The summed E-state index contributed by atoms with van der Waals surface area (Å²) in [6, 6.07) is 4.23. The van der Waals surface area contributed by atoms with Gasteiger partial charge in [0.1, 0.15) is 5.75 Å². The fraction of sp³-hybridized carbons (Fsp3) is 0.643. The normalized spacial score (nSPS) is 30.4. The standard InChI is InChI=1S/C14H22N2O/c1-10-6-11(2)12(3)16(8-10)9-13-4-5-14(17)7-15-13/h4-5,7,10-12,17H,6,8-9H2,1-3H3. The van der Waals surface area contributed by atoms with Crippen LogP contribution in [0, 0.1) is 11.8 Å². The van der Waals surface area contributed by atoms with Crippen molar-refractivity contribution in [3.63, 3.8) is 0 Å². The summed E-state index contributed by atoms with van der Waals surface area (Å²) in [6.07, 6.45) is 2.84. The monoisotopic (exact) mass is 234 g/mol. The van der Waals surface area contributed by atoms with Gasteiger partial charge in [0.15, 0.2) is 0 Å². The van der Waals surface area contributed by atoms with E-state index in [0.717, 1.165) is 30.6 Å². The van der Waals surface area contributed by atoms with Crippen molar-refractivity contribution >= 4 is 0 Å². The molecular formula is C14H22N2O. The molecule has 0 radical (unpaired) electrons. The van der Waals surface area contributed by atoms with E-state index in [1.807, 2.05) is 6.07 Å². The predicted octanol–water partition coefficient (Wildman–Crippen LogP) is 2.65. The van der Waals surface area contributed by atoms with Crippen molar-refractivity contribution in [2.75, 3.05) is 6.54 Å². The van der Waals surface area contributed by atoms with Gasteiger partial charge in [-0.25, -0.2) is 0 Å². The highest BCUT2D eigenvalue weighted by molar-refractivity contribution is 5.17. The van der Waals surface area contributed by atoms with Gasteiger partial charge in [-0.2, -0.15) is 0 Å². The molecule has 0 aliphatic carbocycles. The van der Waals surface area contributed by atoms with Crippen molar-refractivity contribution < 1.29 is 5.11 Å². The van der Waals surface area contributed by atoms with Gasteiger partial charge in [-0.1, -0.05) is 13.8 Å². The van der Waals surface area contributed by atoms with Crippen LogP contribution in [0.5, 0.6) is 5.75 Å². The number of likely N-dealkylation sites (tertiary alicyclic amines) is 1. The fourth-order valence-electron chi connectivity index (χ4n) is 2.76. The minimum atomic E-state index is 0.238. The predicted molar refractivity (Wildman–Crippen MR) is 68.7 cm³/mol. The zero-order valence-corrected chi connectivity index (χ0v) is 10.9. The maximum absolute atomic E-state index is 9.22. The summed E-state index contributed by atoms with van der Waals surface area (Å²) >= 11 is 0. The molecule has 94 valence electrons. The summed E-state index contributed by atoms with van der Waals surface area (Å²) in [4.78, 5) is 6.76. The third kappa shape index (κ3) is 2.97. The Balaban J connectivity index is 2.04. The van der Waals surface area contributed by atoms with Gasteiger partial charge in [0.25, 0.3) is 0 Å². The van der Waals surface area contributed by atoms with E-state index in [0.29, 0.717) is 6.04 Å². The van der Waals surface area contributed by atoms with Crippen LogP contribution in [-0.2, 0) is 6.54 Å². The van der Waals surface area contributed by atoms with Crippen LogP contribution in [0.3, 0.4) is 0 Å². The van der Waals surface area contributed by atoms with Gasteiger partial charge in [0.05, 0.1) is 11.9 Å². The highest BCUT2D eigenvalue weighted by Crippen LogP contribution is 2.27. The van der Waals surface area contributed by atoms with Gasteiger partial charge >= 0.3 is 0 Å². The number of rotatable bonds is 2. The summed E-state index contributed by atoms with van der Waals surface area (Å²) in [5.41, 5.74) is 1.04. The first-order valence-electron chi connectivity index (χ1n) is 6.44. The minimum absolute atomic E-state index is 0.238. The van der Waals surface area contributed by atoms with Gasteiger partial charge in [-0.05, 0) is 37.3 Å². The van der Waals surface area contributed by atoms with E-state index < -0.39 is 0 Å². The van der Waals surface area contributed by atoms with E-state index in [9.17, 15) is 5.11 Å². The van der Waals surface area contributed by atoms with E-state index in [1.165, 1.54) is 12.6 Å². The van der Waals surface area contributed by atoms with Crippen molar-refractivity contribution in [2.45, 2.75) is 39.8 Å². The smallest absolute Gasteiger partial charge is 0.133 e. The molecule has 1 aliphatic heterocycles. The van der Waals surface area contributed by atoms with Crippen molar-refractivity contribution in [1.82, 2.24) is 9.88 Å². The number of nitrogens with zero attached hydrogens (tertiary/aromatic N) is 2. The maximum atomic E-state index is 9.22. The lowest BCUT2D eigenvalue weighted by Crippen LogP contribution is -2.45. The fourth-order valence-corrected chi connectivity index (χ4v) is 2.76. The second kappa shape index (κ2) is 5.05. The first-order valence-corrected chi connectivity index (χ1v) is 6.44. The Bertz CT molecular complexity index is 363. The molecular weight excluding hydrogens is 212 g/mol. The molecule has 17 heavy (non-hydrogen) atoms. The largest absolute Gasteiger partial charge is 0.506 e. The van der Waals surface area contributed by atoms with Gasteiger partial charge in [0.2, 0.25) is 0 Å². The number of aromatic nitrogens is 1. The maximum Gasteiger partial charge on any atom is 0.133 e. The Morgan fingerprint density at radius 1 is 1.35 bits per heavy atom. The first kappa shape index (κ1) is 12.4. The molecule has 1 aliphatic rings. The summed E-state index contributed by atoms with van der Waals surface area (Å²) in [7, 11) is 0. The van der Waals surface area contributed by atoms with Crippen molar-refractivity contribution in [2.24, 2.45) is 11.8 Å². The zero-order valence-electron chi connectivity index (χ0n) is 10.9. The quantitative estimate of drug-likeness (QED) is 0.854. The Kier molecular flexibility index (Phi) is 3.67. The molecule has 1 aromatic rings. The van der Waals surface area contributed by atoms with E-state index in [-0.39, 0.29) is 5.75 Å². The minimum Gasteiger partial charge on any atom is -0.506 e. The van der Waals surface area contributed by atoms with Crippen LogP contribution in [0.25, 0.3) is 0 Å². The van der Waals surface area contributed by atoms with Crippen molar-refractivity contribution in [3.8, 4) is 5.75 Å². The SMILES string of the molecule is CC1CC(C)C(C)N(Cc2ccc(O)cn2)C1. The number of hydrogen-bond donors (Lipinski definition) is 1. The van der Waals surface area contributed by atoms with E-state index in [2.05, 4.69) is 30.7 Å². The van der Waals surface area contributed by atoms with Crippen LogP contribution in [0.15, 0.2) is 18.3 Å². The Morgan fingerprint density at radius 2 is 2.12 bits per heavy atom. The molecule has 0 saturated carbocycles. The third-order valence-electron chi connectivity index (χ3n) is 3.89. The van der Waals surface area contributed by atoms with Crippen molar-refractivity contribution in [1.29, 1.82) is 0 Å². The molecule has 2 rings (SSSR count). The third-order valence-corrected chi connectivity index (χ3v) is 3.89. The average molecular weight is 234 g/mol. The van der Waals surface area contributed by atoms with Gasteiger partial charge in [-0.15, -0.1) is 0 Å². The van der Waals surface area contributed by atoms with Gasteiger partial charge < -0.3 is 5.11 Å². The second-order valence-electron chi connectivity index (χ2n) is 5.50. The van der Waals surface area contributed by atoms with Crippen molar-refractivity contribution in [3.05, 3.63) is 24.0 Å². The molecule has 2 heterocycles. The number of aromatic hydroxyl groups is 1. The molecule has 3 heteroatoms. The van der Waals surface area contributed by atoms with Crippen LogP contribution in [0.2, 0.25) is 0 Å². The molecule has 3 unspecified atom stereocenters. The topological polar surface area (TPSA) is 36.4 Å². The highest BCUT2D eigenvalue weighted by atomic mass is 16.3. The van der Waals surface area contributed by atoms with Crippen LogP contribution in [0.1, 0.15) is 32.9 Å². The molecule has 0 aromatic carbocycles. The molecule has 0 bridgehead atoms. The lowest BCUT2D eigenvalue weighted by atomic mass is 9.86. The molecule has 0 amide bonds.